The Hall–Kier alpha value is -0.0600. The van der Waals surface area contributed by atoms with E-state index in [1.54, 1.807) is 0 Å². The molecule has 0 N–H and O–H groups in total. The van der Waals surface area contributed by atoms with Gasteiger partial charge in [0, 0.05) is 9.92 Å². The van der Waals surface area contributed by atoms with Crippen LogP contribution in [-0.2, 0) is 6.18 Å². The van der Waals surface area contributed by atoms with Crippen LogP contribution in [0.1, 0.15) is 5.56 Å². The average Bonchev–Trinajstić information content (AvgIpc) is 1.94. The van der Waals surface area contributed by atoms with E-state index < -0.39 is 16.8 Å². The molecule has 0 bridgehead atoms. The smallest absolute Gasteiger partial charge is 0.166 e. The first-order valence-electron chi connectivity index (χ1n) is 3.07. The number of benzene rings is 1. The molecular weight excluding hydrogens is 244 g/mol. The molecule has 1 rings (SSSR count). The summed E-state index contributed by atoms with van der Waals surface area (Å²) in [6, 6.07) is 2.02. The van der Waals surface area contributed by atoms with Crippen LogP contribution in [0.2, 0.25) is 10.0 Å². The number of hydrogen-bond donors (Lipinski definition) is 1. The lowest BCUT2D eigenvalue weighted by molar-refractivity contribution is -0.137. The fraction of sp³-hybridized carbons (Fsp3) is 0.143. The lowest BCUT2D eigenvalue weighted by Crippen LogP contribution is -2.06. The van der Waals surface area contributed by atoms with Crippen molar-refractivity contribution in [1.29, 1.82) is 0 Å². The Balaban J connectivity index is 3.37. The molecule has 0 aliphatic rings. The summed E-state index contributed by atoms with van der Waals surface area (Å²) < 4.78 is 36.7. The van der Waals surface area contributed by atoms with Gasteiger partial charge in [-0.1, -0.05) is 23.2 Å². The Labute approximate surface area is 88.1 Å². The van der Waals surface area contributed by atoms with Gasteiger partial charge >= 0.3 is 6.18 Å². The molecule has 0 amide bonds. The van der Waals surface area contributed by atoms with Gasteiger partial charge < -0.3 is 0 Å². The van der Waals surface area contributed by atoms with Crippen LogP contribution < -0.4 is 0 Å². The summed E-state index contributed by atoms with van der Waals surface area (Å²) in [7, 11) is 0. The molecule has 0 aliphatic heterocycles. The molecule has 0 saturated carbocycles. The number of rotatable bonds is 0. The third kappa shape index (κ3) is 2.45. The van der Waals surface area contributed by atoms with Crippen molar-refractivity contribution in [2.75, 3.05) is 0 Å². The first kappa shape index (κ1) is 11.0. The van der Waals surface area contributed by atoms with Gasteiger partial charge in [0.05, 0.1) is 10.6 Å². The van der Waals surface area contributed by atoms with Gasteiger partial charge in [-0.2, -0.15) is 13.2 Å². The molecule has 1 aromatic rings. The molecule has 0 heterocycles. The second-order valence-corrected chi connectivity index (χ2v) is 3.58. The molecular formula is C7H3Cl2F3S. The van der Waals surface area contributed by atoms with Crippen molar-refractivity contribution < 1.29 is 13.2 Å². The Morgan fingerprint density at radius 3 is 2.15 bits per heavy atom. The Morgan fingerprint density at radius 2 is 1.69 bits per heavy atom. The van der Waals surface area contributed by atoms with Crippen molar-refractivity contribution >= 4 is 35.8 Å². The fourth-order valence-electron chi connectivity index (χ4n) is 0.781. The number of hydrogen-bond acceptors (Lipinski definition) is 1. The van der Waals surface area contributed by atoms with Gasteiger partial charge in [0.1, 0.15) is 0 Å². The highest BCUT2D eigenvalue weighted by molar-refractivity contribution is 7.80. The maximum atomic E-state index is 12.2. The SMILES string of the molecule is FC(F)(F)c1cc(Cl)cc(S)c1Cl. The monoisotopic (exact) mass is 246 g/mol. The molecule has 0 spiro atoms. The Bertz CT molecular complexity index is 335. The normalized spacial score (nSPS) is 11.8. The minimum Gasteiger partial charge on any atom is -0.166 e. The number of thiol groups is 1. The van der Waals surface area contributed by atoms with Gasteiger partial charge in [-0.25, -0.2) is 0 Å². The Kier molecular flexibility index (Phi) is 3.05. The van der Waals surface area contributed by atoms with Gasteiger partial charge in [0.2, 0.25) is 0 Å². The molecule has 0 nitrogen and oxygen atoms in total. The molecule has 0 fully saturated rings. The van der Waals surface area contributed by atoms with Crippen LogP contribution in [0.3, 0.4) is 0 Å². The van der Waals surface area contributed by atoms with E-state index in [4.69, 9.17) is 23.2 Å². The summed E-state index contributed by atoms with van der Waals surface area (Å²) in [4.78, 5) is 0.0153. The van der Waals surface area contributed by atoms with E-state index in [1.807, 2.05) is 0 Å². The Morgan fingerprint density at radius 1 is 1.15 bits per heavy atom. The predicted molar refractivity (Wildman–Crippen MR) is 48.7 cm³/mol. The number of halogens is 5. The molecule has 0 radical (unpaired) electrons. The van der Waals surface area contributed by atoms with Crippen molar-refractivity contribution in [2.24, 2.45) is 0 Å². The second kappa shape index (κ2) is 3.59. The lowest BCUT2D eigenvalue weighted by atomic mass is 10.2. The average molecular weight is 247 g/mol. The molecule has 13 heavy (non-hydrogen) atoms. The highest BCUT2D eigenvalue weighted by atomic mass is 35.5. The summed E-state index contributed by atoms with van der Waals surface area (Å²) >= 11 is 14.6. The van der Waals surface area contributed by atoms with Crippen molar-refractivity contribution in [2.45, 2.75) is 11.1 Å². The maximum Gasteiger partial charge on any atom is 0.417 e. The minimum atomic E-state index is -4.50. The van der Waals surface area contributed by atoms with Gasteiger partial charge in [-0.15, -0.1) is 12.6 Å². The lowest BCUT2D eigenvalue weighted by Gasteiger charge is -2.10. The molecule has 0 unspecified atom stereocenters. The third-order valence-corrected chi connectivity index (χ3v) is 2.43. The van der Waals surface area contributed by atoms with Crippen molar-refractivity contribution in [3.8, 4) is 0 Å². The van der Waals surface area contributed by atoms with Gasteiger partial charge in [-0.05, 0) is 12.1 Å². The van der Waals surface area contributed by atoms with E-state index in [-0.39, 0.29) is 9.92 Å². The first-order chi connectivity index (χ1) is 5.82. The fourth-order valence-corrected chi connectivity index (χ4v) is 1.55. The predicted octanol–water partition coefficient (Wildman–Crippen LogP) is 4.30. The van der Waals surface area contributed by atoms with E-state index in [0.29, 0.717) is 0 Å². The third-order valence-electron chi connectivity index (χ3n) is 1.32. The van der Waals surface area contributed by atoms with Gasteiger partial charge in [-0.3, -0.25) is 0 Å². The van der Waals surface area contributed by atoms with E-state index in [2.05, 4.69) is 12.6 Å². The van der Waals surface area contributed by atoms with E-state index in [9.17, 15) is 13.2 Å². The molecule has 72 valence electrons. The summed E-state index contributed by atoms with van der Waals surface area (Å²) in [5.74, 6) is 0. The highest BCUT2D eigenvalue weighted by Crippen LogP contribution is 2.39. The molecule has 1 aromatic carbocycles. The molecule has 6 heteroatoms. The second-order valence-electron chi connectivity index (χ2n) is 2.28. The zero-order chi connectivity index (χ0) is 10.2. The summed E-state index contributed by atoms with van der Waals surface area (Å²) in [5.41, 5.74) is -0.966. The van der Waals surface area contributed by atoms with Crippen LogP contribution in [0.5, 0.6) is 0 Å². The van der Waals surface area contributed by atoms with Crippen LogP contribution >= 0.6 is 35.8 Å². The van der Waals surface area contributed by atoms with Crippen LogP contribution in [0, 0.1) is 0 Å². The van der Waals surface area contributed by atoms with Crippen LogP contribution in [-0.4, -0.2) is 0 Å². The van der Waals surface area contributed by atoms with E-state index >= 15 is 0 Å². The van der Waals surface area contributed by atoms with Crippen LogP contribution in [0.25, 0.3) is 0 Å². The van der Waals surface area contributed by atoms with Crippen LogP contribution in [0.4, 0.5) is 13.2 Å². The largest absolute Gasteiger partial charge is 0.417 e. The molecule has 0 aliphatic carbocycles. The van der Waals surface area contributed by atoms with Crippen LogP contribution in [0.15, 0.2) is 17.0 Å². The first-order valence-corrected chi connectivity index (χ1v) is 4.28. The quantitative estimate of drug-likeness (QED) is 0.649. The molecule has 0 atom stereocenters. The summed E-state index contributed by atoms with van der Waals surface area (Å²) in [5, 5.41) is -0.470. The standard InChI is InChI=1S/C7H3Cl2F3S/c8-3-1-4(7(10,11)12)6(9)5(13)2-3/h1-2,13H. The topological polar surface area (TPSA) is 0 Å². The summed E-state index contributed by atoms with van der Waals surface area (Å²) in [6.45, 7) is 0. The van der Waals surface area contributed by atoms with E-state index in [1.165, 1.54) is 6.07 Å². The van der Waals surface area contributed by atoms with E-state index in [0.717, 1.165) is 6.07 Å². The summed E-state index contributed by atoms with van der Waals surface area (Å²) in [6.07, 6.45) is -4.50. The minimum absolute atomic E-state index is 0.0153. The van der Waals surface area contributed by atoms with Crippen molar-refractivity contribution in [1.82, 2.24) is 0 Å². The molecule has 0 saturated heterocycles. The zero-order valence-corrected chi connectivity index (χ0v) is 8.40. The van der Waals surface area contributed by atoms with Gasteiger partial charge in [0.15, 0.2) is 0 Å². The molecule has 0 aromatic heterocycles. The van der Waals surface area contributed by atoms with Crippen molar-refractivity contribution in [3.63, 3.8) is 0 Å². The maximum absolute atomic E-state index is 12.2. The number of alkyl halides is 3. The highest BCUT2D eigenvalue weighted by Gasteiger charge is 2.34. The zero-order valence-electron chi connectivity index (χ0n) is 5.99. The van der Waals surface area contributed by atoms with Crippen molar-refractivity contribution in [3.05, 3.63) is 27.7 Å². The van der Waals surface area contributed by atoms with Gasteiger partial charge in [0.25, 0.3) is 0 Å².